The fourth-order valence-electron chi connectivity index (χ4n) is 2.98. The number of nitrogens with one attached hydrogen (secondary N) is 2. The number of benzene rings is 1. The summed E-state index contributed by atoms with van der Waals surface area (Å²) in [6, 6.07) is 11.3. The molecule has 0 spiro atoms. The Morgan fingerprint density at radius 2 is 2.07 bits per heavy atom. The second-order valence-corrected chi connectivity index (χ2v) is 6.80. The predicted octanol–water partition coefficient (Wildman–Crippen LogP) is 2.22. The van der Waals surface area contributed by atoms with Crippen molar-refractivity contribution in [3.63, 3.8) is 0 Å². The van der Waals surface area contributed by atoms with Crippen LogP contribution in [0.15, 0.2) is 51.6 Å². The summed E-state index contributed by atoms with van der Waals surface area (Å²) in [6.45, 7) is 6.12. The molecule has 28 heavy (non-hydrogen) atoms. The topological polar surface area (TPSA) is 81.9 Å². The molecule has 1 aromatic carbocycles. The molecule has 1 atom stereocenters. The first-order valence-corrected chi connectivity index (χ1v) is 9.25. The van der Waals surface area contributed by atoms with Gasteiger partial charge in [0.1, 0.15) is 18.8 Å². The fraction of sp³-hybridized carbons (Fsp3) is 0.333. The first-order chi connectivity index (χ1) is 13.6. The lowest BCUT2D eigenvalue weighted by atomic mass is 10.1. The van der Waals surface area contributed by atoms with Gasteiger partial charge in [-0.1, -0.05) is 17.3 Å². The summed E-state index contributed by atoms with van der Waals surface area (Å²) in [7, 11) is 1.65. The van der Waals surface area contributed by atoms with Crippen molar-refractivity contribution in [3.05, 3.63) is 59.5 Å². The zero-order valence-electron chi connectivity index (χ0n) is 16.5. The van der Waals surface area contributed by atoms with Crippen LogP contribution in [0.1, 0.15) is 16.8 Å². The van der Waals surface area contributed by atoms with E-state index in [-0.39, 0.29) is 5.91 Å². The van der Waals surface area contributed by atoms with Crippen molar-refractivity contribution in [1.82, 2.24) is 5.16 Å². The zero-order chi connectivity index (χ0) is 19.9. The van der Waals surface area contributed by atoms with E-state index in [0.717, 1.165) is 27.4 Å². The highest BCUT2D eigenvalue weighted by atomic mass is 16.5. The van der Waals surface area contributed by atoms with Gasteiger partial charge >= 0.3 is 0 Å². The molecule has 0 saturated heterocycles. The first-order valence-electron chi connectivity index (χ1n) is 9.25. The molecule has 7 nitrogen and oxygen atoms in total. The number of furan rings is 1. The molecule has 7 heteroatoms. The van der Waals surface area contributed by atoms with Crippen LogP contribution in [-0.4, -0.2) is 37.9 Å². The normalized spacial score (nSPS) is 12.1. The van der Waals surface area contributed by atoms with E-state index in [0.29, 0.717) is 37.8 Å². The molecule has 0 aliphatic heterocycles. The number of quaternary nitrogens is 1. The molecule has 2 heterocycles. The molecule has 0 radical (unpaired) electrons. The number of anilines is 1. The Hall–Kier alpha value is -2.90. The Kier molecular flexibility index (Phi) is 6.62. The Labute approximate surface area is 164 Å². The van der Waals surface area contributed by atoms with E-state index in [1.165, 1.54) is 0 Å². The zero-order valence-corrected chi connectivity index (χ0v) is 16.5. The van der Waals surface area contributed by atoms with Gasteiger partial charge in [-0.3, -0.25) is 4.79 Å². The number of aryl methyl sites for hydroxylation is 1. The number of carbonyl (C=O) groups excluding carboxylic acids is 1. The minimum absolute atomic E-state index is 0.0467. The van der Waals surface area contributed by atoms with Crippen molar-refractivity contribution in [1.29, 1.82) is 0 Å². The van der Waals surface area contributed by atoms with Crippen LogP contribution in [0.4, 0.5) is 5.69 Å². The van der Waals surface area contributed by atoms with Crippen LogP contribution in [0.2, 0.25) is 0 Å². The Bertz CT molecular complexity index is 902. The summed E-state index contributed by atoms with van der Waals surface area (Å²) in [4.78, 5) is 13.6. The standard InChI is InChI=1S/C21H25N3O4/c1-15-6-4-7-18(16(15)2)22-21(25)14-24(9-11-26-3)13-17-12-20(28-23-17)19-8-5-10-27-19/h4-8,10,12H,9,11,13-14H2,1-3H3,(H,22,25)/p+1. The molecule has 3 rings (SSSR count). The molecule has 1 unspecified atom stereocenters. The number of amides is 1. The van der Waals surface area contributed by atoms with Crippen molar-refractivity contribution in [2.45, 2.75) is 20.4 Å². The first kappa shape index (κ1) is 19.9. The number of methoxy groups -OCH3 is 1. The smallest absolute Gasteiger partial charge is 0.279 e. The lowest BCUT2D eigenvalue weighted by Gasteiger charge is -2.18. The van der Waals surface area contributed by atoms with Crippen LogP contribution in [0.5, 0.6) is 0 Å². The van der Waals surface area contributed by atoms with Gasteiger partial charge in [0, 0.05) is 18.9 Å². The van der Waals surface area contributed by atoms with Crippen LogP contribution in [0, 0.1) is 13.8 Å². The number of hydrogen-bond donors (Lipinski definition) is 2. The van der Waals surface area contributed by atoms with Crippen molar-refractivity contribution < 1.29 is 23.4 Å². The highest BCUT2D eigenvalue weighted by Crippen LogP contribution is 2.20. The van der Waals surface area contributed by atoms with E-state index in [9.17, 15) is 4.79 Å². The van der Waals surface area contributed by atoms with Gasteiger partial charge in [0.05, 0.1) is 12.9 Å². The monoisotopic (exact) mass is 384 g/mol. The third-order valence-corrected chi connectivity index (χ3v) is 4.70. The van der Waals surface area contributed by atoms with Crippen molar-refractivity contribution in [3.8, 4) is 11.5 Å². The number of carbonyl (C=O) groups is 1. The highest BCUT2D eigenvalue weighted by molar-refractivity contribution is 5.92. The van der Waals surface area contributed by atoms with E-state index in [4.69, 9.17) is 13.7 Å². The number of ether oxygens (including phenoxy) is 1. The van der Waals surface area contributed by atoms with Crippen LogP contribution >= 0.6 is 0 Å². The largest absolute Gasteiger partial charge is 0.461 e. The molecular weight excluding hydrogens is 358 g/mol. The average molecular weight is 384 g/mol. The lowest BCUT2D eigenvalue weighted by Crippen LogP contribution is -3.12. The van der Waals surface area contributed by atoms with Crippen LogP contribution in [-0.2, 0) is 16.1 Å². The molecule has 0 bridgehead atoms. The summed E-state index contributed by atoms with van der Waals surface area (Å²) in [5, 5.41) is 7.12. The maximum atomic E-state index is 12.6. The van der Waals surface area contributed by atoms with Gasteiger partial charge in [-0.05, 0) is 43.2 Å². The summed E-state index contributed by atoms with van der Waals surface area (Å²) in [6.07, 6.45) is 1.59. The summed E-state index contributed by atoms with van der Waals surface area (Å²) in [5.41, 5.74) is 3.83. The summed E-state index contributed by atoms with van der Waals surface area (Å²) in [5.74, 6) is 1.16. The Morgan fingerprint density at radius 1 is 1.21 bits per heavy atom. The van der Waals surface area contributed by atoms with Gasteiger partial charge in [-0.15, -0.1) is 0 Å². The second kappa shape index (κ2) is 9.34. The minimum Gasteiger partial charge on any atom is -0.461 e. The molecule has 2 aromatic heterocycles. The van der Waals surface area contributed by atoms with Gasteiger partial charge < -0.3 is 23.9 Å². The average Bonchev–Trinajstić information content (AvgIpc) is 3.35. The molecule has 0 fully saturated rings. The van der Waals surface area contributed by atoms with Crippen molar-refractivity contribution in [2.24, 2.45) is 0 Å². The van der Waals surface area contributed by atoms with Crippen LogP contribution in [0.3, 0.4) is 0 Å². The number of hydrogen-bond acceptors (Lipinski definition) is 5. The van der Waals surface area contributed by atoms with E-state index >= 15 is 0 Å². The van der Waals surface area contributed by atoms with Crippen molar-refractivity contribution in [2.75, 3.05) is 32.1 Å². The molecule has 3 aromatic rings. The van der Waals surface area contributed by atoms with Gasteiger partial charge in [0.2, 0.25) is 5.76 Å². The Balaban J connectivity index is 1.64. The highest BCUT2D eigenvalue weighted by Gasteiger charge is 2.19. The van der Waals surface area contributed by atoms with E-state index in [1.54, 1.807) is 19.4 Å². The molecule has 0 saturated carbocycles. The maximum absolute atomic E-state index is 12.6. The summed E-state index contributed by atoms with van der Waals surface area (Å²) >= 11 is 0. The molecular formula is C21H26N3O4+. The van der Waals surface area contributed by atoms with Crippen molar-refractivity contribution >= 4 is 11.6 Å². The molecule has 0 aliphatic rings. The third kappa shape index (κ3) is 5.09. The third-order valence-electron chi connectivity index (χ3n) is 4.70. The van der Waals surface area contributed by atoms with E-state index < -0.39 is 0 Å². The quantitative estimate of drug-likeness (QED) is 0.591. The van der Waals surface area contributed by atoms with Crippen LogP contribution < -0.4 is 10.2 Å². The summed E-state index contributed by atoms with van der Waals surface area (Å²) < 4.78 is 15.9. The number of nitrogens with zero attached hydrogens (tertiary/aromatic N) is 1. The SMILES string of the molecule is COCC[NH+](CC(=O)Nc1cccc(C)c1C)Cc1cc(-c2ccco2)on1. The molecule has 1 amide bonds. The molecule has 148 valence electrons. The van der Waals surface area contributed by atoms with Gasteiger partial charge in [0.15, 0.2) is 12.3 Å². The number of rotatable bonds is 9. The molecule has 0 aliphatic carbocycles. The second-order valence-electron chi connectivity index (χ2n) is 6.80. The van der Waals surface area contributed by atoms with Gasteiger partial charge in [-0.2, -0.15) is 0 Å². The van der Waals surface area contributed by atoms with Gasteiger partial charge in [-0.25, -0.2) is 0 Å². The Morgan fingerprint density at radius 3 is 2.82 bits per heavy atom. The van der Waals surface area contributed by atoms with E-state index in [1.807, 2.05) is 44.2 Å². The van der Waals surface area contributed by atoms with Gasteiger partial charge in [0.25, 0.3) is 5.91 Å². The molecule has 2 N–H and O–H groups in total. The maximum Gasteiger partial charge on any atom is 0.279 e. The predicted molar refractivity (Wildman–Crippen MR) is 105 cm³/mol. The van der Waals surface area contributed by atoms with E-state index in [2.05, 4.69) is 10.5 Å². The van der Waals surface area contributed by atoms with Crippen LogP contribution in [0.25, 0.3) is 11.5 Å². The number of aromatic nitrogens is 1. The lowest BCUT2D eigenvalue weighted by molar-refractivity contribution is -0.906. The fourth-order valence-corrected chi connectivity index (χ4v) is 2.98. The minimum atomic E-state index is -0.0467.